The van der Waals surface area contributed by atoms with Crippen molar-refractivity contribution in [2.45, 2.75) is 38.5 Å². The average molecular weight is 452 g/mol. The molecule has 2 aliphatic heterocycles. The lowest BCUT2D eigenvalue weighted by Gasteiger charge is -2.49. The molecule has 0 atom stereocenters. The monoisotopic (exact) mass is 451 g/mol. The lowest BCUT2D eigenvalue weighted by molar-refractivity contribution is 0.597. The maximum atomic E-state index is 2.53. The van der Waals surface area contributed by atoms with Crippen molar-refractivity contribution >= 4 is 27.8 Å². The Balaban J connectivity index is 1.53. The smallest absolute Gasteiger partial charge is 0.0543 e. The van der Waals surface area contributed by atoms with Gasteiger partial charge in [-0.1, -0.05) is 113 Å². The van der Waals surface area contributed by atoms with Crippen molar-refractivity contribution in [2.24, 2.45) is 0 Å². The summed E-state index contributed by atoms with van der Waals surface area (Å²) in [5.74, 6) is 0. The zero-order valence-electron chi connectivity index (χ0n) is 20.8. The fraction of sp³-hybridized carbons (Fsp3) is 0.176. The van der Waals surface area contributed by atoms with Crippen molar-refractivity contribution in [1.82, 2.24) is 0 Å². The van der Waals surface area contributed by atoms with Crippen LogP contribution in [0.1, 0.15) is 49.9 Å². The van der Waals surface area contributed by atoms with Crippen molar-refractivity contribution in [3.63, 3.8) is 0 Å². The van der Waals surface area contributed by atoms with E-state index in [1.54, 1.807) is 0 Å². The highest BCUT2D eigenvalue weighted by Crippen LogP contribution is 2.60. The molecule has 0 amide bonds. The zero-order valence-corrected chi connectivity index (χ0v) is 20.8. The quantitative estimate of drug-likeness (QED) is 0.245. The second-order valence-corrected chi connectivity index (χ2v) is 11.1. The van der Waals surface area contributed by atoms with E-state index in [1.807, 2.05) is 0 Å². The molecule has 7 rings (SSSR count). The summed E-state index contributed by atoms with van der Waals surface area (Å²) in [6, 6.07) is 38.3. The molecule has 5 aromatic carbocycles. The Hall–Kier alpha value is -3.84. The minimum absolute atomic E-state index is 0.0467. The van der Waals surface area contributed by atoms with Crippen LogP contribution in [0.5, 0.6) is 0 Å². The fourth-order valence-electron chi connectivity index (χ4n) is 6.53. The number of anilines is 3. The molecule has 0 aromatic heterocycles. The highest BCUT2D eigenvalue weighted by atomic mass is 15.2. The molecule has 5 aromatic rings. The van der Waals surface area contributed by atoms with Gasteiger partial charge in [-0.25, -0.2) is 0 Å². The van der Waals surface area contributed by atoms with E-state index in [1.165, 1.54) is 61.2 Å². The fourth-order valence-corrected chi connectivity index (χ4v) is 6.53. The molecule has 2 heterocycles. The summed E-state index contributed by atoms with van der Waals surface area (Å²) < 4.78 is 0. The van der Waals surface area contributed by atoms with Crippen molar-refractivity contribution in [3.8, 4) is 11.1 Å². The summed E-state index contributed by atoms with van der Waals surface area (Å²) in [6.45, 7) is 9.51. The lowest BCUT2D eigenvalue weighted by atomic mass is 9.66. The normalized spacial score (nSPS) is 16.4. The van der Waals surface area contributed by atoms with E-state index < -0.39 is 0 Å². The molecular formula is C34H29N. The maximum Gasteiger partial charge on any atom is 0.0543 e. The van der Waals surface area contributed by atoms with Crippen LogP contribution in [-0.2, 0) is 10.8 Å². The highest BCUT2D eigenvalue weighted by Gasteiger charge is 2.45. The van der Waals surface area contributed by atoms with Gasteiger partial charge < -0.3 is 4.90 Å². The van der Waals surface area contributed by atoms with E-state index in [4.69, 9.17) is 0 Å². The van der Waals surface area contributed by atoms with E-state index in [9.17, 15) is 0 Å². The van der Waals surface area contributed by atoms with Crippen LogP contribution in [0.25, 0.3) is 21.9 Å². The standard InChI is InChI=1S/C34H29N/c1-33(2)26-15-7-8-18-30(26)35-31-20-19-23(25-14-9-12-22-11-5-6-13-24(22)25)21-29(31)34(3,4)28-17-10-16-27(33)32(28)35/h5-21H,1-4H3. The zero-order chi connectivity index (χ0) is 23.9. The van der Waals surface area contributed by atoms with Crippen LogP contribution in [0.2, 0.25) is 0 Å². The number of fused-ring (bicyclic) bond motifs is 5. The topological polar surface area (TPSA) is 3.24 Å². The summed E-state index contributed by atoms with van der Waals surface area (Å²) in [7, 11) is 0. The van der Waals surface area contributed by atoms with Gasteiger partial charge in [-0.05, 0) is 62.4 Å². The second kappa shape index (κ2) is 6.86. The van der Waals surface area contributed by atoms with Gasteiger partial charge in [-0.15, -0.1) is 0 Å². The van der Waals surface area contributed by atoms with Crippen molar-refractivity contribution in [3.05, 3.63) is 125 Å². The van der Waals surface area contributed by atoms with Gasteiger partial charge in [0.05, 0.1) is 17.1 Å². The van der Waals surface area contributed by atoms with Gasteiger partial charge in [0.1, 0.15) is 0 Å². The van der Waals surface area contributed by atoms with Gasteiger partial charge in [0, 0.05) is 10.8 Å². The Labute approximate surface area is 207 Å². The highest BCUT2D eigenvalue weighted by molar-refractivity contribution is 5.98. The van der Waals surface area contributed by atoms with Crippen LogP contribution >= 0.6 is 0 Å². The molecule has 0 bridgehead atoms. The van der Waals surface area contributed by atoms with Gasteiger partial charge in [0.2, 0.25) is 0 Å². The van der Waals surface area contributed by atoms with Crippen LogP contribution < -0.4 is 4.90 Å². The van der Waals surface area contributed by atoms with Gasteiger partial charge in [0.25, 0.3) is 0 Å². The Morgan fingerprint density at radius 2 is 1.11 bits per heavy atom. The third-order valence-corrected chi connectivity index (χ3v) is 8.44. The third-order valence-electron chi connectivity index (χ3n) is 8.44. The molecule has 170 valence electrons. The molecule has 2 aliphatic rings. The first-order valence-corrected chi connectivity index (χ1v) is 12.6. The molecule has 35 heavy (non-hydrogen) atoms. The predicted octanol–water partition coefficient (Wildman–Crippen LogP) is 9.26. The first-order chi connectivity index (χ1) is 16.9. The number of hydrogen-bond acceptors (Lipinski definition) is 1. The number of nitrogens with zero attached hydrogens (tertiary/aromatic N) is 1. The SMILES string of the molecule is CC1(C)c2ccccc2N2c3ccc(-c4cccc5ccccc45)cc3C(C)(C)c3cccc1c32. The van der Waals surface area contributed by atoms with Crippen LogP contribution in [-0.4, -0.2) is 0 Å². The predicted molar refractivity (Wildman–Crippen MR) is 148 cm³/mol. The van der Waals surface area contributed by atoms with Gasteiger partial charge in [0.15, 0.2) is 0 Å². The van der Waals surface area contributed by atoms with E-state index >= 15 is 0 Å². The first kappa shape index (κ1) is 20.5. The summed E-state index contributed by atoms with van der Waals surface area (Å²) >= 11 is 0. The number of rotatable bonds is 1. The molecule has 0 saturated heterocycles. The lowest BCUT2D eigenvalue weighted by Crippen LogP contribution is -2.38. The molecular weight excluding hydrogens is 422 g/mol. The average Bonchev–Trinajstić information content (AvgIpc) is 2.88. The Kier molecular flexibility index (Phi) is 4.02. The molecule has 0 saturated carbocycles. The van der Waals surface area contributed by atoms with E-state index in [0.717, 1.165) is 0 Å². The minimum Gasteiger partial charge on any atom is -0.309 e. The number of hydrogen-bond donors (Lipinski definition) is 0. The van der Waals surface area contributed by atoms with Crippen LogP contribution in [0.4, 0.5) is 17.1 Å². The van der Waals surface area contributed by atoms with Crippen LogP contribution in [0, 0.1) is 0 Å². The molecule has 0 fully saturated rings. The summed E-state index contributed by atoms with van der Waals surface area (Å²) in [6.07, 6.45) is 0. The molecule has 0 unspecified atom stereocenters. The Morgan fingerprint density at radius 1 is 0.514 bits per heavy atom. The first-order valence-electron chi connectivity index (χ1n) is 12.6. The molecule has 1 nitrogen and oxygen atoms in total. The van der Waals surface area contributed by atoms with Crippen LogP contribution in [0.3, 0.4) is 0 Å². The largest absolute Gasteiger partial charge is 0.309 e. The van der Waals surface area contributed by atoms with Gasteiger partial charge >= 0.3 is 0 Å². The van der Waals surface area contributed by atoms with E-state index in [-0.39, 0.29) is 10.8 Å². The minimum atomic E-state index is -0.111. The molecule has 0 spiro atoms. The van der Waals surface area contributed by atoms with Crippen LogP contribution in [0.15, 0.2) is 103 Å². The summed E-state index contributed by atoms with van der Waals surface area (Å²) in [5, 5.41) is 2.58. The third kappa shape index (κ3) is 2.64. The Morgan fingerprint density at radius 3 is 1.94 bits per heavy atom. The molecule has 1 heteroatoms. The number of para-hydroxylation sites is 2. The molecule has 0 radical (unpaired) electrons. The Bertz CT molecular complexity index is 1650. The van der Waals surface area contributed by atoms with E-state index in [2.05, 4.69) is 136 Å². The van der Waals surface area contributed by atoms with Crippen molar-refractivity contribution in [1.29, 1.82) is 0 Å². The van der Waals surface area contributed by atoms with Crippen molar-refractivity contribution < 1.29 is 0 Å². The number of benzene rings is 5. The molecule has 0 N–H and O–H groups in total. The van der Waals surface area contributed by atoms with E-state index in [0.29, 0.717) is 0 Å². The second-order valence-electron chi connectivity index (χ2n) is 11.1. The van der Waals surface area contributed by atoms with Gasteiger partial charge in [-0.3, -0.25) is 0 Å². The maximum absolute atomic E-state index is 2.53. The van der Waals surface area contributed by atoms with Gasteiger partial charge in [-0.2, -0.15) is 0 Å². The van der Waals surface area contributed by atoms with Crippen molar-refractivity contribution in [2.75, 3.05) is 4.90 Å². The molecule has 0 aliphatic carbocycles. The summed E-state index contributed by atoms with van der Waals surface area (Å²) in [5.41, 5.74) is 11.9. The summed E-state index contributed by atoms with van der Waals surface area (Å²) in [4.78, 5) is 2.53.